The topological polar surface area (TPSA) is 69.2 Å². The second-order valence-electron chi connectivity index (χ2n) is 5.45. The van der Waals surface area contributed by atoms with E-state index in [1.807, 2.05) is 18.7 Å². The molecule has 1 aliphatic heterocycles. The Morgan fingerprint density at radius 2 is 2.32 bits per heavy atom. The van der Waals surface area contributed by atoms with Gasteiger partial charge in [0.1, 0.15) is 0 Å². The van der Waals surface area contributed by atoms with E-state index >= 15 is 0 Å². The third-order valence-electron chi connectivity index (χ3n) is 4.02. The first-order valence-electron chi connectivity index (χ1n) is 7.01. The van der Waals surface area contributed by atoms with E-state index in [0.717, 1.165) is 49.3 Å². The summed E-state index contributed by atoms with van der Waals surface area (Å²) in [6.07, 6.45) is 3.39. The molecule has 2 heterocycles. The van der Waals surface area contributed by atoms with Crippen molar-refractivity contribution in [2.45, 2.75) is 39.5 Å². The summed E-state index contributed by atoms with van der Waals surface area (Å²) < 4.78 is 0. The Hall–Kier alpha value is -1.36. The maximum absolute atomic E-state index is 12.3. The van der Waals surface area contributed by atoms with E-state index in [2.05, 4.69) is 10.2 Å². The number of aromatic amines is 1. The largest absolute Gasteiger partial charge is 0.396 e. The number of aliphatic hydroxyl groups excluding tert-OH is 1. The molecule has 0 aromatic carbocycles. The fourth-order valence-corrected chi connectivity index (χ4v) is 2.81. The summed E-state index contributed by atoms with van der Waals surface area (Å²) in [4.78, 5) is 14.3. The summed E-state index contributed by atoms with van der Waals surface area (Å²) in [5.74, 6) is 0.629. The number of aromatic nitrogens is 2. The van der Waals surface area contributed by atoms with Gasteiger partial charge in [-0.15, -0.1) is 0 Å². The van der Waals surface area contributed by atoms with Crippen molar-refractivity contribution in [2.75, 3.05) is 19.7 Å². The molecule has 106 valence electrons. The molecule has 2 N–H and O–H groups in total. The summed E-state index contributed by atoms with van der Waals surface area (Å²) in [7, 11) is 0. The molecule has 1 aromatic heterocycles. The van der Waals surface area contributed by atoms with E-state index in [-0.39, 0.29) is 12.5 Å². The number of H-pyrrole nitrogens is 1. The molecule has 1 aromatic rings. The number of hydrogen-bond acceptors (Lipinski definition) is 3. The van der Waals surface area contributed by atoms with Gasteiger partial charge in [-0.25, -0.2) is 0 Å². The number of aryl methyl sites for hydroxylation is 2. The monoisotopic (exact) mass is 265 g/mol. The maximum atomic E-state index is 12.3. The van der Waals surface area contributed by atoms with Crippen LogP contribution in [0, 0.1) is 19.8 Å². The minimum absolute atomic E-state index is 0.176. The highest BCUT2D eigenvalue weighted by Crippen LogP contribution is 2.20. The highest BCUT2D eigenvalue weighted by Gasteiger charge is 2.24. The quantitative estimate of drug-likeness (QED) is 0.859. The van der Waals surface area contributed by atoms with E-state index < -0.39 is 0 Å². The number of piperidine rings is 1. The molecule has 0 aliphatic carbocycles. The number of nitrogens with one attached hydrogen (secondary N) is 1. The van der Waals surface area contributed by atoms with Gasteiger partial charge in [0, 0.05) is 31.0 Å². The number of likely N-dealkylation sites (tertiary alicyclic amines) is 1. The Morgan fingerprint density at radius 3 is 2.95 bits per heavy atom. The van der Waals surface area contributed by atoms with E-state index in [1.165, 1.54) is 0 Å². The predicted molar refractivity (Wildman–Crippen MR) is 72.8 cm³/mol. The number of carbonyl (C=O) groups excluding carboxylic acids is 1. The van der Waals surface area contributed by atoms with Crippen molar-refractivity contribution in [1.82, 2.24) is 15.1 Å². The van der Waals surface area contributed by atoms with E-state index in [1.54, 1.807) is 0 Å². The minimum Gasteiger partial charge on any atom is -0.396 e. The van der Waals surface area contributed by atoms with Crippen molar-refractivity contribution >= 4 is 5.91 Å². The Balaban J connectivity index is 1.96. The van der Waals surface area contributed by atoms with Gasteiger partial charge in [-0.05, 0) is 39.0 Å². The van der Waals surface area contributed by atoms with Gasteiger partial charge in [-0.3, -0.25) is 9.89 Å². The summed E-state index contributed by atoms with van der Waals surface area (Å²) in [6.45, 7) is 5.73. The molecule has 0 bridgehead atoms. The number of rotatable bonds is 4. The SMILES string of the molecule is Cc1n[nH]c(C)c1CC(=O)N1CCCC(CCO)C1. The standard InChI is InChI=1S/C14H23N3O2/c1-10-13(11(2)16-15-10)8-14(19)17-6-3-4-12(9-17)5-7-18/h12,18H,3-9H2,1-2H3,(H,15,16). The van der Waals surface area contributed by atoms with Crippen molar-refractivity contribution in [3.05, 3.63) is 17.0 Å². The number of hydrogen-bond donors (Lipinski definition) is 2. The van der Waals surface area contributed by atoms with Crippen LogP contribution in [0.2, 0.25) is 0 Å². The molecule has 2 rings (SSSR count). The smallest absolute Gasteiger partial charge is 0.227 e. The molecule has 1 amide bonds. The van der Waals surface area contributed by atoms with Crippen molar-refractivity contribution < 1.29 is 9.90 Å². The Morgan fingerprint density at radius 1 is 1.53 bits per heavy atom. The molecule has 1 fully saturated rings. The lowest BCUT2D eigenvalue weighted by Gasteiger charge is -2.32. The van der Waals surface area contributed by atoms with E-state index in [4.69, 9.17) is 5.11 Å². The molecule has 0 radical (unpaired) electrons. The Bertz CT molecular complexity index is 420. The zero-order valence-electron chi connectivity index (χ0n) is 11.8. The van der Waals surface area contributed by atoms with Crippen LogP contribution in [0.3, 0.4) is 0 Å². The summed E-state index contributed by atoms with van der Waals surface area (Å²) in [5.41, 5.74) is 2.92. The average molecular weight is 265 g/mol. The first-order valence-corrected chi connectivity index (χ1v) is 7.01. The molecule has 1 saturated heterocycles. The van der Waals surface area contributed by atoms with Crippen LogP contribution < -0.4 is 0 Å². The van der Waals surface area contributed by atoms with Crippen LogP contribution in [0.1, 0.15) is 36.2 Å². The third kappa shape index (κ3) is 3.35. The third-order valence-corrected chi connectivity index (χ3v) is 4.02. The van der Waals surface area contributed by atoms with Gasteiger partial charge in [0.25, 0.3) is 0 Å². The molecule has 0 spiro atoms. The second kappa shape index (κ2) is 6.19. The fraction of sp³-hybridized carbons (Fsp3) is 0.714. The molecule has 5 nitrogen and oxygen atoms in total. The van der Waals surface area contributed by atoms with Crippen molar-refractivity contribution in [1.29, 1.82) is 0 Å². The molecular formula is C14H23N3O2. The summed E-state index contributed by atoms with van der Waals surface area (Å²) in [6, 6.07) is 0. The van der Waals surface area contributed by atoms with Crippen LogP contribution in [0.4, 0.5) is 0 Å². The van der Waals surface area contributed by atoms with Crippen LogP contribution in [0.25, 0.3) is 0 Å². The van der Waals surface area contributed by atoms with Gasteiger partial charge >= 0.3 is 0 Å². The van der Waals surface area contributed by atoms with E-state index in [9.17, 15) is 4.79 Å². The molecule has 19 heavy (non-hydrogen) atoms. The number of aliphatic hydroxyl groups is 1. The van der Waals surface area contributed by atoms with Gasteiger partial charge in [-0.2, -0.15) is 5.10 Å². The van der Waals surface area contributed by atoms with E-state index in [0.29, 0.717) is 12.3 Å². The number of nitrogens with zero attached hydrogens (tertiary/aromatic N) is 2. The van der Waals surface area contributed by atoms with Crippen LogP contribution in [0.5, 0.6) is 0 Å². The highest BCUT2D eigenvalue weighted by atomic mass is 16.3. The van der Waals surface area contributed by atoms with Crippen molar-refractivity contribution in [2.24, 2.45) is 5.92 Å². The van der Waals surface area contributed by atoms with Gasteiger partial charge in [0.2, 0.25) is 5.91 Å². The predicted octanol–water partition coefficient (Wildman–Crippen LogP) is 1.19. The van der Waals surface area contributed by atoms with Crippen LogP contribution in [0.15, 0.2) is 0 Å². The zero-order valence-corrected chi connectivity index (χ0v) is 11.8. The summed E-state index contributed by atoms with van der Waals surface area (Å²) >= 11 is 0. The summed E-state index contributed by atoms with van der Waals surface area (Å²) in [5, 5.41) is 16.1. The number of carbonyl (C=O) groups is 1. The minimum atomic E-state index is 0.176. The lowest BCUT2D eigenvalue weighted by atomic mass is 9.94. The lowest BCUT2D eigenvalue weighted by molar-refractivity contribution is -0.132. The van der Waals surface area contributed by atoms with Gasteiger partial charge in [0.05, 0.1) is 12.1 Å². The molecular weight excluding hydrogens is 242 g/mol. The van der Waals surface area contributed by atoms with Crippen LogP contribution >= 0.6 is 0 Å². The normalized spacial score (nSPS) is 19.7. The first-order chi connectivity index (χ1) is 9.11. The van der Waals surface area contributed by atoms with Crippen LogP contribution in [-0.2, 0) is 11.2 Å². The van der Waals surface area contributed by atoms with Crippen molar-refractivity contribution in [3.63, 3.8) is 0 Å². The molecule has 1 unspecified atom stereocenters. The van der Waals surface area contributed by atoms with Gasteiger partial charge in [0.15, 0.2) is 0 Å². The molecule has 0 saturated carbocycles. The van der Waals surface area contributed by atoms with Crippen LogP contribution in [-0.4, -0.2) is 45.8 Å². The lowest BCUT2D eigenvalue weighted by Crippen LogP contribution is -2.41. The van der Waals surface area contributed by atoms with Crippen molar-refractivity contribution in [3.8, 4) is 0 Å². The maximum Gasteiger partial charge on any atom is 0.227 e. The Labute approximate surface area is 114 Å². The second-order valence-corrected chi connectivity index (χ2v) is 5.45. The fourth-order valence-electron chi connectivity index (χ4n) is 2.81. The van der Waals surface area contributed by atoms with Gasteiger partial charge < -0.3 is 10.0 Å². The molecule has 1 atom stereocenters. The highest BCUT2D eigenvalue weighted by molar-refractivity contribution is 5.79. The average Bonchev–Trinajstić information content (AvgIpc) is 2.71. The molecule has 1 aliphatic rings. The molecule has 5 heteroatoms. The first kappa shape index (κ1) is 14.1. The van der Waals surface area contributed by atoms with Gasteiger partial charge in [-0.1, -0.05) is 0 Å². The Kier molecular flexibility index (Phi) is 4.58. The zero-order chi connectivity index (χ0) is 13.8. The number of amides is 1.